The summed E-state index contributed by atoms with van der Waals surface area (Å²) < 4.78 is 13.6. The Labute approximate surface area is 135 Å². The zero-order valence-electron chi connectivity index (χ0n) is 13.3. The van der Waals surface area contributed by atoms with E-state index in [1.807, 2.05) is 12.3 Å². The fraction of sp³-hybridized carbons (Fsp3) is 0.474. The average Bonchev–Trinajstić information content (AvgIpc) is 3.12. The van der Waals surface area contributed by atoms with E-state index in [-0.39, 0.29) is 17.6 Å². The van der Waals surface area contributed by atoms with Crippen LogP contribution in [0, 0.1) is 23.6 Å². The van der Waals surface area contributed by atoms with E-state index in [2.05, 4.69) is 10.3 Å². The highest BCUT2D eigenvalue weighted by molar-refractivity contribution is 5.82. The van der Waals surface area contributed by atoms with Crippen LogP contribution in [-0.2, 0) is 4.79 Å². The summed E-state index contributed by atoms with van der Waals surface area (Å²) in [5.41, 5.74) is 2.09. The number of pyridine rings is 1. The highest BCUT2D eigenvalue weighted by Crippen LogP contribution is 2.53. The van der Waals surface area contributed by atoms with Crippen molar-refractivity contribution in [3.8, 4) is 0 Å². The molecule has 1 heterocycles. The van der Waals surface area contributed by atoms with Gasteiger partial charge in [-0.3, -0.25) is 9.78 Å². The zero-order chi connectivity index (χ0) is 16.0. The van der Waals surface area contributed by atoms with Crippen molar-refractivity contribution in [2.45, 2.75) is 31.6 Å². The van der Waals surface area contributed by atoms with Gasteiger partial charge in [0.1, 0.15) is 5.82 Å². The molecule has 120 valence electrons. The third-order valence-corrected chi connectivity index (χ3v) is 5.81. The summed E-state index contributed by atoms with van der Waals surface area (Å²) in [6.07, 6.45) is 6.04. The van der Waals surface area contributed by atoms with Crippen molar-refractivity contribution in [2.24, 2.45) is 17.8 Å². The molecule has 4 rings (SSSR count). The lowest BCUT2D eigenvalue weighted by atomic mass is 9.90. The van der Waals surface area contributed by atoms with E-state index < -0.39 is 0 Å². The largest absolute Gasteiger partial charge is 0.359 e. The Morgan fingerprint density at radius 1 is 1.17 bits per heavy atom. The molecule has 0 radical (unpaired) electrons. The smallest absolute Gasteiger partial charge is 0.222 e. The van der Waals surface area contributed by atoms with Gasteiger partial charge in [-0.05, 0) is 73.3 Å². The number of nitrogens with zero attached hydrogens (tertiary/aromatic N) is 1. The Hall–Kier alpha value is -1.97. The van der Waals surface area contributed by atoms with Crippen molar-refractivity contribution in [3.63, 3.8) is 0 Å². The van der Waals surface area contributed by atoms with Gasteiger partial charge in [0.15, 0.2) is 0 Å². The van der Waals surface area contributed by atoms with Crippen LogP contribution in [0.2, 0.25) is 0 Å². The zero-order valence-corrected chi connectivity index (χ0v) is 13.3. The van der Waals surface area contributed by atoms with E-state index in [0.29, 0.717) is 17.8 Å². The number of nitrogens with one attached hydrogen (secondary N) is 1. The lowest BCUT2D eigenvalue weighted by Gasteiger charge is -2.16. The van der Waals surface area contributed by atoms with Gasteiger partial charge >= 0.3 is 0 Å². The van der Waals surface area contributed by atoms with Crippen LogP contribution in [0.3, 0.4) is 0 Å². The van der Waals surface area contributed by atoms with Crippen molar-refractivity contribution < 1.29 is 9.18 Å². The summed E-state index contributed by atoms with van der Waals surface area (Å²) in [5.74, 6) is 1.88. The molecule has 1 amide bonds. The number of halogens is 1. The molecule has 2 aromatic rings. The molecule has 1 aromatic heterocycles. The number of fused-ring (bicyclic) bond motifs is 2. The molecule has 2 atom stereocenters. The van der Waals surface area contributed by atoms with Crippen molar-refractivity contribution in [3.05, 3.63) is 41.8 Å². The third-order valence-electron chi connectivity index (χ3n) is 5.81. The summed E-state index contributed by atoms with van der Waals surface area (Å²) in [5, 5.41) is 3.73. The second-order valence-corrected chi connectivity index (χ2v) is 7.03. The summed E-state index contributed by atoms with van der Waals surface area (Å²) in [4.78, 5) is 16.2. The van der Waals surface area contributed by atoms with Crippen LogP contribution in [0.15, 0.2) is 30.5 Å². The molecule has 0 spiro atoms. The van der Waals surface area contributed by atoms with Crippen LogP contribution in [-0.4, -0.2) is 17.9 Å². The molecule has 1 N–H and O–H groups in total. The van der Waals surface area contributed by atoms with Crippen molar-refractivity contribution >= 4 is 16.8 Å². The standard InChI is InChI=1S/C19H21FN2O/c1-21-19(23)14-8-11-6-13(7-12(11)9-14)16-4-5-22-18-3-2-15(20)10-17(16)18/h2-5,10-14H,6-9H2,1H3,(H,21,23). The summed E-state index contributed by atoms with van der Waals surface area (Å²) in [6, 6.07) is 6.88. The number of carbonyl (C=O) groups is 1. The van der Waals surface area contributed by atoms with Gasteiger partial charge in [-0.1, -0.05) is 0 Å². The molecule has 3 nitrogen and oxygen atoms in total. The van der Waals surface area contributed by atoms with Gasteiger partial charge in [-0.25, -0.2) is 4.39 Å². The van der Waals surface area contributed by atoms with Crippen molar-refractivity contribution in [2.75, 3.05) is 7.05 Å². The molecule has 4 heteroatoms. The molecule has 0 saturated heterocycles. The number of aromatic nitrogens is 1. The fourth-order valence-electron chi connectivity index (χ4n) is 4.78. The van der Waals surface area contributed by atoms with E-state index in [1.165, 1.54) is 11.6 Å². The lowest BCUT2D eigenvalue weighted by molar-refractivity contribution is -0.124. The Balaban J connectivity index is 1.58. The first kappa shape index (κ1) is 14.6. The first-order chi connectivity index (χ1) is 11.2. The second-order valence-electron chi connectivity index (χ2n) is 7.03. The Kier molecular flexibility index (Phi) is 3.55. The number of amides is 1. The van der Waals surface area contributed by atoms with E-state index in [0.717, 1.165) is 36.6 Å². The van der Waals surface area contributed by atoms with Gasteiger partial charge in [0.25, 0.3) is 0 Å². The second kappa shape index (κ2) is 5.59. The molecule has 0 aliphatic heterocycles. The summed E-state index contributed by atoms with van der Waals surface area (Å²) in [6.45, 7) is 0. The summed E-state index contributed by atoms with van der Waals surface area (Å²) >= 11 is 0. The number of benzene rings is 1. The van der Waals surface area contributed by atoms with Crippen LogP contribution in [0.4, 0.5) is 4.39 Å². The molecule has 1 aromatic carbocycles. The first-order valence-corrected chi connectivity index (χ1v) is 8.41. The molecule has 2 aliphatic carbocycles. The molecular weight excluding hydrogens is 291 g/mol. The number of hydrogen-bond acceptors (Lipinski definition) is 2. The third kappa shape index (κ3) is 2.50. The highest BCUT2D eigenvalue weighted by atomic mass is 19.1. The van der Waals surface area contributed by atoms with Crippen molar-refractivity contribution in [1.82, 2.24) is 10.3 Å². The fourth-order valence-corrected chi connectivity index (χ4v) is 4.78. The SMILES string of the molecule is CNC(=O)C1CC2CC(c3ccnc4ccc(F)cc34)CC2C1. The average molecular weight is 312 g/mol. The Bertz CT molecular complexity index is 746. The van der Waals surface area contributed by atoms with Crippen LogP contribution in [0.5, 0.6) is 0 Å². The molecule has 2 unspecified atom stereocenters. The number of hydrogen-bond donors (Lipinski definition) is 1. The minimum atomic E-state index is -0.204. The molecule has 2 aliphatic rings. The maximum absolute atomic E-state index is 13.6. The van der Waals surface area contributed by atoms with Gasteiger partial charge in [0.2, 0.25) is 5.91 Å². The first-order valence-electron chi connectivity index (χ1n) is 8.41. The maximum Gasteiger partial charge on any atom is 0.222 e. The monoisotopic (exact) mass is 312 g/mol. The quantitative estimate of drug-likeness (QED) is 0.920. The van der Waals surface area contributed by atoms with Crippen LogP contribution >= 0.6 is 0 Å². The van der Waals surface area contributed by atoms with Crippen molar-refractivity contribution in [1.29, 1.82) is 0 Å². The minimum absolute atomic E-state index is 0.183. The van der Waals surface area contributed by atoms with Gasteiger partial charge in [0.05, 0.1) is 5.52 Å². The topological polar surface area (TPSA) is 42.0 Å². The van der Waals surface area contributed by atoms with E-state index in [9.17, 15) is 9.18 Å². The van der Waals surface area contributed by atoms with Gasteiger partial charge in [-0.15, -0.1) is 0 Å². The van der Waals surface area contributed by atoms with Gasteiger partial charge in [-0.2, -0.15) is 0 Å². The lowest BCUT2D eigenvalue weighted by Crippen LogP contribution is -2.26. The molecule has 2 fully saturated rings. The number of rotatable bonds is 2. The van der Waals surface area contributed by atoms with E-state index >= 15 is 0 Å². The maximum atomic E-state index is 13.6. The minimum Gasteiger partial charge on any atom is -0.359 e. The van der Waals surface area contributed by atoms with E-state index in [1.54, 1.807) is 19.2 Å². The number of carbonyl (C=O) groups excluding carboxylic acids is 1. The Morgan fingerprint density at radius 2 is 1.91 bits per heavy atom. The molecule has 0 bridgehead atoms. The molecular formula is C19H21FN2O. The molecule has 23 heavy (non-hydrogen) atoms. The van der Waals surface area contributed by atoms with Crippen LogP contribution < -0.4 is 5.32 Å². The van der Waals surface area contributed by atoms with Gasteiger partial charge in [0, 0.05) is 24.5 Å². The van der Waals surface area contributed by atoms with E-state index in [4.69, 9.17) is 0 Å². The van der Waals surface area contributed by atoms with Crippen LogP contribution in [0.25, 0.3) is 10.9 Å². The predicted molar refractivity (Wildman–Crippen MR) is 87.4 cm³/mol. The molecule has 2 saturated carbocycles. The Morgan fingerprint density at radius 3 is 2.61 bits per heavy atom. The van der Waals surface area contributed by atoms with Gasteiger partial charge < -0.3 is 5.32 Å². The van der Waals surface area contributed by atoms with Crippen LogP contribution in [0.1, 0.15) is 37.2 Å². The highest BCUT2D eigenvalue weighted by Gasteiger charge is 2.44. The summed E-state index contributed by atoms with van der Waals surface area (Å²) in [7, 11) is 1.72. The predicted octanol–water partition coefficient (Wildman–Crippen LogP) is 3.64. The normalized spacial score (nSPS) is 29.7.